The minimum absolute atomic E-state index is 0.133. The Kier molecular flexibility index (Phi) is 2.24. The monoisotopic (exact) mass is 205 g/mol. The molecule has 0 fully saturated rings. The normalized spacial score (nSPS) is 10.3. The van der Waals surface area contributed by atoms with E-state index in [2.05, 4.69) is 20.2 Å². The van der Waals surface area contributed by atoms with Gasteiger partial charge in [-0.25, -0.2) is 0 Å². The Morgan fingerprint density at radius 2 is 2.13 bits per heavy atom. The van der Waals surface area contributed by atoms with Crippen LogP contribution in [0.4, 0.5) is 5.95 Å². The van der Waals surface area contributed by atoms with Gasteiger partial charge in [0.25, 0.3) is 0 Å². The molecule has 0 aliphatic rings. The minimum atomic E-state index is -0.133. The van der Waals surface area contributed by atoms with Crippen molar-refractivity contribution in [1.29, 1.82) is 0 Å². The molecular formula is C9H11N5O. The fourth-order valence-corrected chi connectivity index (χ4v) is 1.14. The summed E-state index contributed by atoms with van der Waals surface area (Å²) in [7, 11) is 3.72. The Hall–Kier alpha value is -2.11. The second kappa shape index (κ2) is 3.56. The molecule has 0 saturated heterocycles. The van der Waals surface area contributed by atoms with E-state index < -0.39 is 0 Å². The van der Waals surface area contributed by atoms with Gasteiger partial charge in [-0.3, -0.25) is 9.89 Å². The largest absolute Gasteiger partial charge is 0.346 e. The van der Waals surface area contributed by atoms with Crippen molar-refractivity contribution < 1.29 is 0 Å². The van der Waals surface area contributed by atoms with E-state index in [9.17, 15) is 4.79 Å². The third-order valence-electron chi connectivity index (χ3n) is 1.93. The lowest BCUT2D eigenvalue weighted by Crippen LogP contribution is -2.10. The standard InChI is InChI=1S/C9H11N5O/c1-14(2)9-11-8(12-13-9)6-3-4-7(15)10-5-6/h3-5H,1-2H3,(H,10,15)(H,11,12,13). The maximum Gasteiger partial charge on any atom is 0.247 e. The Morgan fingerprint density at radius 1 is 1.33 bits per heavy atom. The Balaban J connectivity index is 2.37. The van der Waals surface area contributed by atoms with E-state index in [-0.39, 0.29) is 5.56 Å². The number of aromatic nitrogens is 4. The molecule has 0 bridgehead atoms. The third-order valence-corrected chi connectivity index (χ3v) is 1.93. The first-order chi connectivity index (χ1) is 7.16. The lowest BCUT2D eigenvalue weighted by atomic mass is 10.3. The van der Waals surface area contributed by atoms with E-state index in [1.807, 2.05) is 14.1 Å². The van der Waals surface area contributed by atoms with Crippen LogP contribution in [0.15, 0.2) is 23.1 Å². The summed E-state index contributed by atoms with van der Waals surface area (Å²) in [5.41, 5.74) is 0.668. The van der Waals surface area contributed by atoms with Crippen LogP contribution in [0.1, 0.15) is 0 Å². The molecule has 0 aliphatic carbocycles. The summed E-state index contributed by atoms with van der Waals surface area (Å²) in [6.07, 6.45) is 1.60. The molecule has 0 saturated carbocycles. The fraction of sp³-hybridized carbons (Fsp3) is 0.222. The highest BCUT2D eigenvalue weighted by atomic mass is 16.1. The second-order valence-corrected chi connectivity index (χ2v) is 3.32. The summed E-state index contributed by atoms with van der Waals surface area (Å²) < 4.78 is 0. The first-order valence-corrected chi connectivity index (χ1v) is 4.45. The lowest BCUT2D eigenvalue weighted by molar-refractivity contribution is 0.999. The molecule has 0 radical (unpaired) electrons. The maximum absolute atomic E-state index is 10.9. The van der Waals surface area contributed by atoms with E-state index in [1.165, 1.54) is 6.07 Å². The number of anilines is 1. The van der Waals surface area contributed by atoms with Gasteiger partial charge in [0, 0.05) is 31.9 Å². The Bertz CT molecular complexity index is 493. The Morgan fingerprint density at radius 3 is 2.67 bits per heavy atom. The van der Waals surface area contributed by atoms with E-state index >= 15 is 0 Å². The zero-order valence-electron chi connectivity index (χ0n) is 8.48. The number of rotatable bonds is 2. The SMILES string of the molecule is CN(C)c1n[nH]c(-c2ccc(=O)[nH]c2)n1. The van der Waals surface area contributed by atoms with Crippen molar-refractivity contribution >= 4 is 5.95 Å². The third kappa shape index (κ3) is 1.88. The smallest absolute Gasteiger partial charge is 0.247 e. The van der Waals surface area contributed by atoms with E-state index in [1.54, 1.807) is 17.2 Å². The number of pyridine rings is 1. The molecule has 0 amide bonds. The summed E-state index contributed by atoms with van der Waals surface area (Å²) in [6.45, 7) is 0. The highest BCUT2D eigenvalue weighted by molar-refractivity contribution is 5.54. The van der Waals surface area contributed by atoms with Crippen molar-refractivity contribution in [3.8, 4) is 11.4 Å². The van der Waals surface area contributed by atoms with Gasteiger partial charge in [0.1, 0.15) is 0 Å². The van der Waals surface area contributed by atoms with Gasteiger partial charge >= 0.3 is 0 Å². The molecule has 15 heavy (non-hydrogen) atoms. The van der Waals surface area contributed by atoms with Crippen LogP contribution in [-0.2, 0) is 0 Å². The van der Waals surface area contributed by atoms with Gasteiger partial charge in [-0.1, -0.05) is 0 Å². The predicted octanol–water partition coefficient (Wildman–Crippen LogP) is 0.226. The van der Waals surface area contributed by atoms with Crippen molar-refractivity contribution in [2.45, 2.75) is 0 Å². The summed E-state index contributed by atoms with van der Waals surface area (Å²) >= 11 is 0. The van der Waals surface area contributed by atoms with Crippen LogP contribution in [0.25, 0.3) is 11.4 Å². The molecule has 2 N–H and O–H groups in total. The van der Waals surface area contributed by atoms with Crippen molar-refractivity contribution in [2.75, 3.05) is 19.0 Å². The number of nitrogens with zero attached hydrogens (tertiary/aromatic N) is 3. The summed E-state index contributed by atoms with van der Waals surface area (Å²) in [5, 5.41) is 6.81. The van der Waals surface area contributed by atoms with Gasteiger partial charge in [-0.2, -0.15) is 4.98 Å². The number of hydrogen-bond acceptors (Lipinski definition) is 4. The molecule has 78 valence electrons. The van der Waals surface area contributed by atoms with Crippen LogP contribution in [0.3, 0.4) is 0 Å². The van der Waals surface area contributed by atoms with Crippen LogP contribution in [0.5, 0.6) is 0 Å². The molecule has 0 aliphatic heterocycles. The van der Waals surface area contributed by atoms with Gasteiger partial charge in [0.15, 0.2) is 5.82 Å². The predicted molar refractivity (Wildman–Crippen MR) is 56.8 cm³/mol. The minimum Gasteiger partial charge on any atom is -0.346 e. The van der Waals surface area contributed by atoms with Gasteiger partial charge in [0.2, 0.25) is 11.5 Å². The van der Waals surface area contributed by atoms with E-state index in [0.29, 0.717) is 11.8 Å². The van der Waals surface area contributed by atoms with E-state index in [4.69, 9.17) is 0 Å². The zero-order valence-corrected chi connectivity index (χ0v) is 8.48. The number of aromatic amines is 2. The molecule has 0 spiro atoms. The lowest BCUT2D eigenvalue weighted by Gasteiger charge is -2.03. The van der Waals surface area contributed by atoms with Crippen LogP contribution >= 0.6 is 0 Å². The topological polar surface area (TPSA) is 77.7 Å². The van der Waals surface area contributed by atoms with Crippen LogP contribution < -0.4 is 10.5 Å². The van der Waals surface area contributed by atoms with Gasteiger partial charge in [-0.05, 0) is 6.07 Å². The average Bonchev–Trinajstić information content (AvgIpc) is 2.68. The van der Waals surface area contributed by atoms with Crippen LogP contribution in [0.2, 0.25) is 0 Å². The van der Waals surface area contributed by atoms with Crippen molar-refractivity contribution in [2.24, 2.45) is 0 Å². The van der Waals surface area contributed by atoms with Gasteiger partial charge in [0.05, 0.1) is 0 Å². The van der Waals surface area contributed by atoms with E-state index in [0.717, 1.165) is 5.56 Å². The summed E-state index contributed by atoms with van der Waals surface area (Å²) in [6, 6.07) is 3.14. The quantitative estimate of drug-likeness (QED) is 0.735. The average molecular weight is 205 g/mol. The van der Waals surface area contributed by atoms with Crippen molar-refractivity contribution in [3.05, 3.63) is 28.7 Å². The zero-order chi connectivity index (χ0) is 10.8. The molecule has 6 nitrogen and oxygen atoms in total. The highest BCUT2D eigenvalue weighted by Gasteiger charge is 2.06. The molecule has 2 aromatic rings. The maximum atomic E-state index is 10.9. The fourth-order valence-electron chi connectivity index (χ4n) is 1.14. The Labute approximate surface area is 86.0 Å². The molecule has 2 heterocycles. The molecule has 0 aromatic carbocycles. The second-order valence-electron chi connectivity index (χ2n) is 3.32. The van der Waals surface area contributed by atoms with Crippen LogP contribution in [0, 0.1) is 0 Å². The molecule has 0 atom stereocenters. The van der Waals surface area contributed by atoms with Crippen molar-refractivity contribution in [3.63, 3.8) is 0 Å². The number of hydrogen-bond donors (Lipinski definition) is 2. The summed E-state index contributed by atoms with van der Waals surface area (Å²) in [5.74, 6) is 1.24. The molecule has 2 rings (SSSR count). The van der Waals surface area contributed by atoms with Gasteiger partial charge < -0.3 is 9.88 Å². The first-order valence-electron chi connectivity index (χ1n) is 4.45. The number of nitrogens with one attached hydrogen (secondary N) is 2. The first kappa shape index (κ1) is 9.45. The highest BCUT2D eigenvalue weighted by Crippen LogP contribution is 2.13. The molecule has 0 unspecified atom stereocenters. The van der Waals surface area contributed by atoms with Crippen LogP contribution in [-0.4, -0.2) is 34.3 Å². The molecule has 2 aromatic heterocycles. The molecule has 6 heteroatoms. The number of H-pyrrole nitrogens is 2. The van der Waals surface area contributed by atoms with Gasteiger partial charge in [-0.15, -0.1) is 5.10 Å². The molecular weight excluding hydrogens is 194 g/mol. The summed E-state index contributed by atoms with van der Waals surface area (Å²) in [4.78, 5) is 19.5. The van der Waals surface area contributed by atoms with Crippen molar-refractivity contribution in [1.82, 2.24) is 20.2 Å².